The van der Waals surface area contributed by atoms with Crippen LogP contribution in [-0.2, 0) is 28.7 Å². The Morgan fingerprint density at radius 2 is 1.80 bits per heavy atom. The Morgan fingerprint density at radius 3 is 2.49 bits per heavy atom. The largest absolute Gasteiger partial charge is 0.480 e. The van der Waals surface area contributed by atoms with Crippen molar-refractivity contribution in [2.24, 2.45) is 28.6 Å². The summed E-state index contributed by atoms with van der Waals surface area (Å²) in [7, 11) is 0. The lowest BCUT2D eigenvalue weighted by molar-refractivity contribution is -0.181. The average molecular weight is 624 g/mol. The Bertz CT molecular complexity index is 1440. The first-order valence-electron chi connectivity index (χ1n) is 15.5. The second-order valence-electron chi connectivity index (χ2n) is 13.4. The molecular weight excluding hydrogens is 582 g/mol. The SMILES string of the molecule is C[C@]12C=CC(=O)C=C1CC[C@@H]1[C@@H]2[C@@H](O)C[C@@]2(C)[C@H]1CC[C@]2(O)C(=O)COC(=O)CCC(=O)N[C@H](C(=O)O)[C@H](O)c1ccccc1. The standard InChI is InChI=1S/C34H41NO10/c1-32-14-12-21(36)16-20(32)8-9-22-23-13-15-34(44,33(23,2)17-24(37)28(22)32)25(38)18-45-27(40)11-10-26(39)35-29(31(42)43)30(41)19-6-4-3-5-7-19/h3-7,12,14,16,22-24,28-30,37,41,44H,8-11,13,15,17-18H2,1-2H3,(H,35,39)(H,42,43)/t22-,23-,24-,28+,29-,30+,32-,33-,34-/m0/s1. The number of aliphatic hydroxyl groups is 3. The average Bonchev–Trinajstić information content (AvgIpc) is 3.28. The van der Waals surface area contributed by atoms with Gasteiger partial charge in [0.15, 0.2) is 18.4 Å². The van der Waals surface area contributed by atoms with Crippen LogP contribution in [0.1, 0.15) is 70.5 Å². The Balaban J connectivity index is 1.17. The predicted octanol–water partition coefficient (Wildman–Crippen LogP) is 2.19. The van der Waals surface area contributed by atoms with Crippen LogP contribution >= 0.6 is 0 Å². The molecule has 0 saturated heterocycles. The predicted molar refractivity (Wildman–Crippen MR) is 159 cm³/mol. The van der Waals surface area contributed by atoms with Crippen molar-refractivity contribution in [2.75, 3.05) is 6.61 Å². The van der Waals surface area contributed by atoms with Crippen molar-refractivity contribution in [1.82, 2.24) is 5.32 Å². The number of nitrogens with one attached hydrogen (secondary N) is 1. The van der Waals surface area contributed by atoms with Crippen molar-refractivity contribution in [1.29, 1.82) is 0 Å². The van der Waals surface area contributed by atoms with E-state index in [1.54, 1.807) is 30.4 Å². The normalized spacial score (nSPS) is 34.8. The number of ketones is 2. The van der Waals surface area contributed by atoms with E-state index in [1.165, 1.54) is 12.1 Å². The summed E-state index contributed by atoms with van der Waals surface area (Å²) in [5.41, 5.74) is -1.94. The molecule has 0 aromatic heterocycles. The van der Waals surface area contributed by atoms with Crippen LogP contribution in [-0.4, -0.2) is 74.2 Å². The third kappa shape index (κ3) is 5.77. The number of carboxylic acids is 1. The highest BCUT2D eigenvalue weighted by molar-refractivity contribution is 6.01. The second kappa shape index (κ2) is 12.3. The first-order chi connectivity index (χ1) is 21.2. The van der Waals surface area contributed by atoms with Gasteiger partial charge in [-0.05, 0) is 61.7 Å². The zero-order valence-corrected chi connectivity index (χ0v) is 25.5. The molecule has 1 amide bonds. The first-order valence-corrected chi connectivity index (χ1v) is 15.5. The van der Waals surface area contributed by atoms with Gasteiger partial charge in [0, 0.05) is 23.2 Å². The van der Waals surface area contributed by atoms with Crippen LogP contribution in [0, 0.1) is 28.6 Å². The number of aliphatic carboxylic acids is 1. The molecule has 3 fully saturated rings. The molecule has 4 aliphatic rings. The summed E-state index contributed by atoms with van der Waals surface area (Å²) in [6.07, 6.45) is 4.24. The van der Waals surface area contributed by atoms with Crippen LogP contribution in [0.2, 0.25) is 0 Å². The third-order valence-electron chi connectivity index (χ3n) is 11.1. The molecule has 11 nitrogen and oxygen atoms in total. The molecule has 5 rings (SSSR count). The van der Waals surface area contributed by atoms with Gasteiger partial charge in [0.2, 0.25) is 11.7 Å². The van der Waals surface area contributed by atoms with Gasteiger partial charge in [-0.1, -0.05) is 55.8 Å². The lowest BCUT2D eigenvalue weighted by Crippen LogP contribution is -2.61. The zero-order valence-electron chi connectivity index (χ0n) is 25.5. The number of benzene rings is 1. The Morgan fingerprint density at radius 1 is 1.09 bits per heavy atom. The number of amides is 1. The number of fused-ring (bicyclic) bond motifs is 5. The maximum atomic E-state index is 13.5. The molecule has 1 aromatic carbocycles. The van der Waals surface area contributed by atoms with E-state index in [-0.39, 0.29) is 36.4 Å². The van der Waals surface area contributed by atoms with E-state index in [0.717, 1.165) is 12.0 Å². The summed E-state index contributed by atoms with van der Waals surface area (Å²) in [4.78, 5) is 62.1. The molecule has 0 radical (unpaired) electrons. The molecular formula is C34H41NO10. The third-order valence-corrected chi connectivity index (χ3v) is 11.1. The van der Waals surface area contributed by atoms with Crippen molar-refractivity contribution in [3.8, 4) is 0 Å². The number of hydrogen-bond acceptors (Lipinski definition) is 9. The summed E-state index contributed by atoms with van der Waals surface area (Å²) in [6, 6.07) is 6.34. The van der Waals surface area contributed by atoms with Crippen LogP contribution in [0.5, 0.6) is 0 Å². The van der Waals surface area contributed by atoms with Gasteiger partial charge in [-0.3, -0.25) is 19.2 Å². The van der Waals surface area contributed by atoms with Gasteiger partial charge in [0.25, 0.3) is 0 Å². The lowest BCUT2D eigenvalue weighted by Gasteiger charge is -2.59. The van der Waals surface area contributed by atoms with Crippen molar-refractivity contribution in [3.63, 3.8) is 0 Å². The molecule has 9 atom stereocenters. The number of aliphatic hydroxyl groups excluding tert-OH is 2. The van der Waals surface area contributed by atoms with Crippen molar-refractivity contribution < 1.29 is 49.1 Å². The number of ether oxygens (including phenoxy) is 1. The van der Waals surface area contributed by atoms with E-state index >= 15 is 0 Å². The first kappa shape index (κ1) is 32.7. The number of carbonyl (C=O) groups is 5. The van der Waals surface area contributed by atoms with Crippen LogP contribution in [0.15, 0.2) is 54.1 Å². The van der Waals surface area contributed by atoms with Gasteiger partial charge >= 0.3 is 11.9 Å². The highest BCUT2D eigenvalue weighted by Gasteiger charge is 2.68. The molecule has 0 aliphatic heterocycles. The Kier molecular flexibility index (Phi) is 8.91. The quantitative estimate of drug-likeness (QED) is 0.242. The highest BCUT2D eigenvalue weighted by Crippen LogP contribution is 2.67. The number of carboxylic acid groups (broad SMARTS) is 1. The minimum absolute atomic E-state index is 0.0247. The van der Waals surface area contributed by atoms with Crippen molar-refractivity contribution >= 4 is 29.4 Å². The van der Waals surface area contributed by atoms with Crippen molar-refractivity contribution in [2.45, 2.75) is 82.6 Å². The van der Waals surface area contributed by atoms with E-state index < -0.39 is 77.8 Å². The summed E-state index contributed by atoms with van der Waals surface area (Å²) in [6.45, 7) is 3.16. The Labute approximate surface area is 261 Å². The highest BCUT2D eigenvalue weighted by atomic mass is 16.5. The molecule has 0 heterocycles. The minimum Gasteiger partial charge on any atom is -0.480 e. The molecule has 11 heteroatoms. The number of esters is 1. The number of rotatable bonds is 10. The summed E-state index contributed by atoms with van der Waals surface area (Å²) < 4.78 is 5.15. The number of carbonyl (C=O) groups excluding carboxylic acids is 4. The number of hydrogen-bond donors (Lipinski definition) is 5. The molecule has 0 spiro atoms. The minimum atomic E-state index is -1.82. The maximum Gasteiger partial charge on any atom is 0.329 e. The van der Waals surface area contributed by atoms with Crippen molar-refractivity contribution in [3.05, 3.63) is 59.7 Å². The molecule has 3 saturated carbocycles. The fourth-order valence-corrected chi connectivity index (χ4v) is 8.71. The fraction of sp³-hybridized carbons (Fsp3) is 0.559. The van der Waals surface area contributed by atoms with E-state index in [0.29, 0.717) is 18.4 Å². The second-order valence-corrected chi connectivity index (χ2v) is 13.4. The van der Waals surface area contributed by atoms with Gasteiger partial charge in [-0.25, -0.2) is 4.79 Å². The lowest BCUT2D eigenvalue weighted by atomic mass is 9.46. The monoisotopic (exact) mass is 623 g/mol. The molecule has 45 heavy (non-hydrogen) atoms. The zero-order chi connectivity index (χ0) is 32.7. The van der Waals surface area contributed by atoms with Gasteiger partial charge in [-0.15, -0.1) is 0 Å². The van der Waals surface area contributed by atoms with Crippen LogP contribution < -0.4 is 5.32 Å². The smallest absolute Gasteiger partial charge is 0.329 e. The Hall–Kier alpha value is -3.67. The molecule has 0 bridgehead atoms. The molecule has 5 N–H and O–H groups in total. The van der Waals surface area contributed by atoms with E-state index in [9.17, 15) is 44.4 Å². The van der Waals surface area contributed by atoms with Crippen LogP contribution in [0.4, 0.5) is 0 Å². The van der Waals surface area contributed by atoms with Gasteiger partial charge in [0.05, 0.1) is 12.5 Å². The summed E-state index contributed by atoms with van der Waals surface area (Å²) in [5.74, 6) is -4.04. The van der Waals surface area contributed by atoms with Gasteiger partial charge in [-0.2, -0.15) is 0 Å². The topological polar surface area (TPSA) is 188 Å². The molecule has 1 aromatic rings. The van der Waals surface area contributed by atoms with Crippen LogP contribution in [0.3, 0.4) is 0 Å². The van der Waals surface area contributed by atoms with Crippen LogP contribution in [0.25, 0.3) is 0 Å². The van der Waals surface area contributed by atoms with E-state index in [2.05, 4.69) is 5.32 Å². The van der Waals surface area contributed by atoms with Gasteiger partial charge < -0.3 is 30.5 Å². The summed E-state index contributed by atoms with van der Waals surface area (Å²) >= 11 is 0. The molecule has 242 valence electrons. The summed E-state index contributed by atoms with van der Waals surface area (Å²) in [5, 5.41) is 45.5. The van der Waals surface area contributed by atoms with E-state index in [4.69, 9.17) is 4.74 Å². The number of allylic oxidation sites excluding steroid dienone is 4. The van der Waals surface area contributed by atoms with Gasteiger partial charge in [0.1, 0.15) is 11.7 Å². The van der Waals surface area contributed by atoms with E-state index in [1.807, 2.05) is 19.9 Å². The number of Topliss-reactive ketones (excluding diaryl/α,β-unsaturated/α-hetero) is 1. The fourth-order valence-electron chi connectivity index (χ4n) is 8.71. The maximum absolute atomic E-state index is 13.5. The molecule has 4 aliphatic carbocycles. The molecule has 0 unspecified atom stereocenters.